The van der Waals surface area contributed by atoms with Crippen LogP contribution in [0, 0.1) is 5.92 Å². The third-order valence-electron chi connectivity index (χ3n) is 2.88. The van der Waals surface area contributed by atoms with Gasteiger partial charge in [0.15, 0.2) is 0 Å². The predicted octanol–water partition coefficient (Wildman–Crippen LogP) is 2.18. The molecule has 1 rings (SSSR count). The molecule has 18 heavy (non-hydrogen) atoms. The monoisotopic (exact) mass is 290 g/mol. The Kier molecular flexibility index (Phi) is 5.78. The SMILES string of the molecule is CCC(NS(=O)(=O)c1ccsc1CNC)C(C)C. The molecule has 0 aromatic carbocycles. The maximum atomic E-state index is 12.3. The maximum Gasteiger partial charge on any atom is 0.241 e. The van der Waals surface area contributed by atoms with Crippen LogP contribution in [-0.4, -0.2) is 21.5 Å². The Morgan fingerprint density at radius 2 is 2.06 bits per heavy atom. The Morgan fingerprint density at radius 1 is 1.39 bits per heavy atom. The minimum atomic E-state index is -3.41. The number of sulfonamides is 1. The van der Waals surface area contributed by atoms with E-state index in [2.05, 4.69) is 10.0 Å². The van der Waals surface area contributed by atoms with Crippen LogP contribution in [0.5, 0.6) is 0 Å². The molecule has 1 aromatic rings. The average Bonchev–Trinajstić information content (AvgIpc) is 2.75. The molecular formula is C12H22N2O2S2. The van der Waals surface area contributed by atoms with Gasteiger partial charge in [0.25, 0.3) is 0 Å². The summed E-state index contributed by atoms with van der Waals surface area (Å²) in [5.41, 5.74) is 0. The van der Waals surface area contributed by atoms with Gasteiger partial charge in [-0.1, -0.05) is 20.8 Å². The lowest BCUT2D eigenvalue weighted by Gasteiger charge is -2.20. The van der Waals surface area contributed by atoms with Crippen LogP contribution in [0.4, 0.5) is 0 Å². The lowest BCUT2D eigenvalue weighted by atomic mass is 10.0. The van der Waals surface area contributed by atoms with Gasteiger partial charge in [-0.15, -0.1) is 11.3 Å². The molecule has 0 aliphatic rings. The van der Waals surface area contributed by atoms with Gasteiger partial charge in [0, 0.05) is 17.5 Å². The topological polar surface area (TPSA) is 58.2 Å². The normalized spacial score (nSPS) is 14.1. The van der Waals surface area contributed by atoms with E-state index in [1.54, 1.807) is 6.07 Å². The van der Waals surface area contributed by atoms with Gasteiger partial charge in [-0.05, 0) is 30.8 Å². The predicted molar refractivity (Wildman–Crippen MR) is 76.3 cm³/mol. The number of nitrogens with one attached hydrogen (secondary N) is 2. The number of thiophene rings is 1. The molecule has 6 heteroatoms. The van der Waals surface area contributed by atoms with Crippen molar-refractivity contribution >= 4 is 21.4 Å². The summed E-state index contributed by atoms with van der Waals surface area (Å²) in [5.74, 6) is 0.288. The zero-order valence-corrected chi connectivity index (χ0v) is 13.0. The van der Waals surface area contributed by atoms with Crippen LogP contribution in [0.15, 0.2) is 16.3 Å². The number of rotatable bonds is 7. The summed E-state index contributed by atoms with van der Waals surface area (Å²) < 4.78 is 27.5. The zero-order valence-electron chi connectivity index (χ0n) is 11.4. The largest absolute Gasteiger partial charge is 0.315 e. The summed E-state index contributed by atoms with van der Waals surface area (Å²) in [7, 11) is -1.59. The summed E-state index contributed by atoms with van der Waals surface area (Å²) in [4.78, 5) is 1.25. The van der Waals surface area contributed by atoms with Crippen LogP contribution in [0.25, 0.3) is 0 Å². The second kappa shape index (κ2) is 6.65. The molecule has 0 spiro atoms. The van der Waals surface area contributed by atoms with E-state index in [1.807, 2.05) is 33.2 Å². The maximum absolute atomic E-state index is 12.3. The molecular weight excluding hydrogens is 268 g/mol. The van der Waals surface area contributed by atoms with Gasteiger partial charge >= 0.3 is 0 Å². The van der Waals surface area contributed by atoms with Crippen molar-refractivity contribution < 1.29 is 8.42 Å². The van der Waals surface area contributed by atoms with E-state index in [1.165, 1.54) is 11.3 Å². The fraction of sp³-hybridized carbons (Fsp3) is 0.667. The van der Waals surface area contributed by atoms with Crippen molar-refractivity contribution in [2.75, 3.05) is 7.05 Å². The van der Waals surface area contributed by atoms with E-state index in [4.69, 9.17) is 0 Å². The molecule has 0 amide bonds. The Bertz CT molecular complexity index is 466. The minimum Gasteiger partial charge on any atom is -0.315 e. The Hall–Kier alpha value is -0.430. The third-order valence-corrected chi connectivity index (χ3v) is 5.51. The molecule has 1 heterocycles. The smallest absolute Gasteiger partial charge is 0.241 e. The van der Waals surface area contributed by atoms with Gasteiger partial charge in [0.2, 0.25) is 10.0 Å². The second-order valence-electron chi connectivity index (χ2n) is 4.62. The molecule has 0 saturated heterocycles. The van der Waals surface area contributed by atoms with Crippen molar-refractivity contribution in [2.24, 2.45) is 5.92 Å². The first-order valence-corrected chi connectivity index (χ1v) is 8.52. The van der Waals surface area contributed by atoms with E-state index >= 15 is 0 Å². The van der Waals surface area contributed by atoms with E-state index < -0.39 is 10.0 Å². The average molecular weight is 290 g/mol. The highest BCUT2D eigenvalue weighted by Gasteiger charge is 2.24. The van der Waals surface area contributed by atoms with Crippen molar-refractivity contribution in [3.05, 3.63) is 16.3 Å². The third kappa shape index (κ3) is 3.78. The van der Waals surface area contributed by atoms with Crippen molar-refractivity contribution in [1.29, 1.82) is 0 Å². The number of hydrogen-bond acceptors (Lipinski definition) is 4. The lowest BCUT2D eigenvalue weighted by molar-refractivity contribution is 0.437. The summed E-state index contributed by atoms with van der Waals surface area (Å²) in [5, 5.41) is 4.81. The lowest BCUT2D eigenvalue weighted by Crippen LogP contribution is -2.38. The van der Waals surface area contributed by atoms with E-state index in [0.29, 0.717) is 11.4 Å². The quantitative estimate of drug-likeness (QED) is 0.809. The molecule has 0 bridgehead atoms. The molecule has 0 fully saturated rings. The molecule has 0 aliphatic carbocycles. The van der Waals surface area contributed by atoms with Crippen LogP contribution in [0.3, 0.4) is 0 Å². The van der Waals surface area contributed by atoms with Crippen molar-refractivity contribution in [3.63, 3.8) is 0 Å². The van der Waals surface area contributed by atoms with Gasteiger partial charge in [-0.25, -0.2) is 13.1 Å². The highest BCUT2D eigenvalue weighted by molar-refractivity contribution is 7.89. The van der Waals surface area contributed by atoms with E-state index in [-0.39, 0.29) is 12.0 Å². The van der Waals surface area contributed by atoms with Crippen molar-refractivity contribution in [1.82, 2.24) is 10.0 Å². The fourth-order valence-electron chi connectivity index (χ4n) is 1.81. The molecule has 0 radical (unpaired) electrons. The summed E-state index contributed by atoms with van der Waals surface area (Å²) in [6.45, 7) is 6.62. The van der Waals surface area contributed by atoms with Gasteiger partial charge < -0.3 is 5.32 Å². The van der Waals surface area contributed by atoms with E-state index in [0.717, 1.165) is 11.3 Å². The molecule has 0 saturated carbocycles. The first-order chi connectivity index (χ1) is 8.42. The summed E-state index contributed by atoms with van der Waals surface area (Å²) in [6.07, 6.45) is 0.794. The first kappa shape index (κ1) is 15.6. The highest BCUT2D eigenvalue weighted by atomic mass is 32.2. The standard InChI is InChI=1S/C12H22N2O2S2/c1-5-10(9(2)3)14-18(15,16)12-6-7-17-11(12)8-13-4/h6-7,9-10,13-14H,5,8H2,1-4H3. The molecule has 1 aromatic heterocycles. The highest BCUT2D eigenvalue weighted by Crippen LogP contribution is 2.22. The summed E-state index contributed by atoms with van der Waals surface area (Å²) in [6, 6.07) is 1.66. The summed E-state index contributed by atoms with van der Waals surface area (Å²) >= 11 is 1.46. The van der Waals surface area contributed by atoms with Crippen LogP contribution in [-0.2, 0) is 16.6 Å². The number of hydrogen-bond donors (Lipinski definition) is 2. The molecule has 1 atom stereocenters. The van der Waals surface area contributed by atoms with Gasteiger partial charge in [0.05, 0.1) is 4.90 Å². The fourth-order valence-corrected chi connectivity index (χ4v) is 4.73. The van der Waals surface area contributed by atoms with Gasteiger partial charge in [-0.2, -0.15) is 0 Å². The van der Waals surface area contributed by atoms with Crippen LogP contribution >= 0.6 is 11.3 Å². The Morgan fingerprint density at radius 3 is 2.56 bits per heavy atom. The first-order valence-electron chi connectivity index (χ1n) is 6.15. The Balaban J connectivity index is 2.95. The second-order valence-corrected chi connectivity index (χ2v) is 7.30. The van der Waals surface area contributed by atoms with Gasteiger partial charge in [0.1, 0.15) is 0 Å². The van der Waals surface area contributed by atoms with Crippen molar-refractivity contribution in [2.45, 2.75) is 44.7 Å². The molecule has 104 valence electrons. The van der Waals surface area contributed by atoms with Crippen LogP contribution in [0.2, 0.25) is 0 Å². The molecule has 4 nitrogen and oxygen atoms in total. The van der Waals surface area contributed by atoms with Gasteiger partial charge in [-0.3, -0.25) is 0 Å². The van der Waals surface area contributed by atoms with Crippen molar-refractivity contribution in [3.8, 4) is 0 Å². The van der Waals surface area contributed by atoms with E-state index in [9.17, 15) is 8.42 Å². The molecule has 0 aliphatic heterocycles. The minimum absolute atomic E-state index is 0.0164. The molecule has 2 N–H and O–H groups in total. The van der Waals surface area contributed by atoms with Crippen LogP contribution in [0.1, 0.15) is 32.1 Å². The molecule has 1 unspecified atom stereocenters. The zero-order chi connectivity index (χ0) is 13.8. The Labute approximate surface area is 114 Å². The van der Waals surface area contributed by atoms with Crippen LogP contribution < -0.4 is 10.0 Å².